The fraction of sp³-hybridized carbons (Fsp3) is 0.333. The van der Waals surface area contributed by atoms with Crippen LogP contribution in [0.3, 0.4) is 0 Å². The Balaban J connectivity index is 1.58. The van der Waals surface area contributed by atoms with Gasteiger partial charge >= 0.3 is 11.9 Å². The number of fused-ring (bicyclic) bond motifs is 3. The van der Waals surface area contributed by atoms with Crippen LogP contribution in [0.1, 0.15) is 36.3 Å². The molecule has 0 aromatic heterocycles. The second kappa shape index (κ2) is 6.25. The minimum atomic E-state index is -1.50. The molecule has 2 aliphatic carbocycles. The first kappa shape index (κ1) is 16.8. The highest BCUT2D eigenvalue weighted by molar-refractivity contribution is 5.99. The van der Waals surface area contributed by atoms with E-state index in [9.17, 15) is 14.7 Å². The number of benzene rings is 2. The predicted octanol–water partition coefficient (Wildman–Crippen LogP) is 2.92. The van der Waals surface area contributed by atoms with Crippen LogP contribution in [0, 0.1) is 5.41 Å². The van der Waals surface area contributed by atoms with Crippen molar-refractivity contribution in [1.29, 1.82) is 0 Å². The fourth-order valence-corrected chi connectivity index (χ4v) is 4.29. The van der Waals surface area contributed by atoms with Crippen LogP contribution in [0.5, 0.6) is 0 Å². The molecule has 2 aromatic carbocycles. The van der Waals surface area contributed by atoms with Gasteiger partial charge in [0.15, 0.2) is 5.41 Å². The lowest BCUT2D eigenvalue weighted by atomic mass is 9.86. The summed E-state index contributed by atoms with van der Waals surface area (Å²) in [6, 6.07) is 15.8. The van der Waals surface area contributed by atoms with Gasteiger partial charge in [-0.1, -0.05) is 48.5 Å². The molecule has 0 heterocycles. The van der Waals surface area contributed by atoms with E-state index >= 15 is 0 Å². The van der Waals surface area contributed by atoms with Crippen molar-refractivity contribution in [2.24, 2.45) is 11.1 Å². The number of nitrogens with two attached hydrogens (primary N) is 1. The van der Waals surface area contributed by atoms with Crippen molar-refractivity contribution < 1.29 is 19.4 Å². The van der Waals surface area contributed by atoms with E-state index in [1.165, 1.54) is 0 Å². The summed E-state index contributed by atoms with van der Waals surface area (Å²) in [5.41, 5.74) is 8.85. The lowest BCUT2D eigenvalue weighted by Gasteiger charge is -2.23. The number of carbonyl (C=O) groups excluding carboxylic acids is 1. The smallest absolute Gasteiger partial charge is 0.323 e. The maximum Gasteiger partial charge on any atom is 0.323 e. The van der Waals surface area contributed by atoms with Gasteiger partial charge in [-0.15, -0.1) is 0 Å². The summed E-state index contributed by atoms with van der Waals surface area (Å²) in [6.07, 6.45) is 0.898. The normalized spacial score (nSPS) is 24.1. The molecule has 0 radical (unpaired) electrons. The van der Waals surface area contributed by atoms with E-state index in [1.54, 1.807) is 0 Å². The first-order valence-corrected chi connectivity index (χ1v) is 8.87. The number of aliphatic carboxylic acids is 1. The number of hydrogen-bond acceptors (Lipinski definition) is 4. The average Bonchev–Trinajstić information content (AvgIpc) is 3.19. The van der Waals surface area contributed by atoms with Crippen LogP contribution < -0.4 is 5.73 Å². The molecule has 0 saturated heterocycles. The SMILES string of the molecule is NC1CCC(C(=O)O)(C(=O)OCC2c3ccccc3-c3ccccc32)C1. The van der Waals surface area contributed by atoms with Gasteiger partial charge in [-0.2, -0.15) is 0 Å². The molecule has 3 N–H and O–H groups in total. The Morgan fingerprint density at radius 2 is 1.65 bits per heavy atom. The average molecular weight is 351 g/mol. The molecule has 134 valence electrons. The van der Waals surface area contributed by atoms with Gasteiger partial charge in [-0.05, 0) is 41.5 Å². The van der Waals surface area contributed by atoms with E-state index in [-0.39, 0.29) is 31.4 Å². The van der Waals surface area contributed by atoms with E-state index in [4.69, 9.17) is 10.5 Å². The summed E-state index contributed by atoms with van der Waals surface area (Å²) in [5, 5.41) is 9.60. The number of carboxylic acid groups (broad SMARTS) is 1. The van der Waals surface area contributed by atoms with Gasteiger partial charge in [-0.3, -0.25) is 9.59 Å². The van der Waals surface area contributed by atoms with Crippen LogP contribution in [-0.2, 0) is 14.3 Å². The standard InChI is InChI=1S/C21H21NO4/c22-13-9-10-21(11-13,19(23)24)20(25)26-12-18-16-7-3-1-5-14(16)15-6-2-4-8-17(15)18/h1-8,13,18H,9-12,22H2,(H,23,24). The summed E-state index contributed by atoms with van der Waals surface area (Å²) in [4.78, 5) is 24.4. The van der Waals surface area contributed by atoms with E-state index in [1.807, 2.05) is 36.4 Å². The van der Waals surface area contributed by atoms with Gasteiger partial charge in [-0.25, -0.2) is 0 Å². The second-order valence-electron chi connectivity index (χ2n) is 7.22. The first-order valence-electron chi connectivity index (χ1n) is 8.87. The van der Waals surface area contributed by atoms with Crippen molar-refractivity contribution in [3.8, 4) is 11.1 Å². The molecule has 2 atom stereocenters. The highest BCUT2D eigenvalue weighted by Gasteiger charge is 2.52. The van der Waals surface area contributed by atoms with Crippen LogP contribution in [0.25, 0.3) is 11.1 Å². The Bertz CT molecular complexity index is 832. The topological polar surface area (TPSA) is 89.6 Å². The number of hydrogen-bond donors (Lipinski definition) is 2. The van der Waals surface area contributed by atoms with Gasteiger partial charge in [0.2, 0.25) is 0 Å². The monoisotopic (exact) mass is 351 g/mol. The van der Waals surface area contributed by atoms with Gasteiger partial charge in [0.1, 0.15) is 6.61 Å². The Hall–Kier alpha value is -2.66. The van der Waals surface area contributed by atoms with Gasteiger partial charge in [0.25, 0.3) is 0 Å². The summed E-state index contributed by atoms with van der Waals surface area (Å²) in [7, 11) is 0. The van der Waals surface area contributed by atoms with Crippen LogP contribution in [0.15, 0.2) is 48.5 Å². The molecule has 5 nitrogen and oxygen atoms in total. The molecule has 26 heavy (non-hydrogen) atoms. The quantitative estimate of drug-likeness (QED) is 0.653. The van der Waals surface area contributed by atoms with Crippen LogP contribution in [0.2, 0.25) is 0 Å². The van der Waals surface area contributed by atoms with E-state index < -0.39 is 17.4 Å². The molecule has 0 aliphatic heterocycles. The maximum absolute atomic E-state index is 12.7. The van der Waals surface area contributed by atoms with Crippen molar-refractivity contribution >= 4 is 11.9 Å². The molecule has 5 heteroatoms. The third-order valence-corrected chi connectivity index (χ3v) is 5.70. The Kier molecular flexibility index (Phi) is 4.04. The third-order valence-electron chi connectivity index (χ3n) is 5.70. The molecule has 2 unspecified atom stereocenters. The molecular weight excluding hydrogens is 330 g/mol. The fourth-order valence-electron chi connectivity index (χ4n) is 4.29. The molecule has 0 spiro atoms. The highest BCUT2D eigenvalue weighted by atomic mass is 16.5. The van der Waals surface area contributed by atoms with Crippen molar-refractivity contribution in [2.45, 2.75) is 31.2 Å². The molecule has 2 aromatic rings. The number of esters is 1. The zero-order chi connectivity index (χ0) is 18.3. The summed E-state index contributed by atoms with van der Waals surface area (Å²) in [5.74, 6) is -1.88. The van der Waals surface area contributed by atoms with Crippen molar-refractivity contribution in [3.63, 3.8) is 0 Å². The van der Waals surface area contributed by atoms with E-state index in [2.05, 4.69) is 12.1 Å². The molecular formula is C21H21NO4. The lowest BCUT2D eigenvalue weighted by Crippen LogP contribution is -2.40. The maximum atomic E-state index is 12.7. The predicted molar refractivity (Wildman–Crippen MR) is 96.6 cm³/mol. The minimum Gasteiger partial charge on any atom is -0.480 e. The number of rotatable bonds is 4. The molecule has 1 fully saturated rings. The van der Waals surface area contributed by atoms with E-state index in [0.29, 0.717) is 6.42 Å². The largest absolute Gasteiger partial charge is 0.480 e. The number of carbonyl (C=O) groups is 2. The zero-order valence-corrected chi connectivity index (χ0v) is 14.4. The summed E-state index contributed by atoms with van der Waals surface area (Å²) in [6.45, 7) is 0.136. The van der Waals surface area contributed by atoms with Crippen molar-refractivity contribution in [1.82, 2.24) is 0 Å². The molecule has 2 aliphatic rings. The molecule has 1 saturated carbocycles. The molecule has 0 bridgehead atoms. The highest BCUT2D eigenvalue weighted by Crippen LogP contribution is 2.45. The lowest BCUT2D eigenvalue weighted by molar-refractivity contribution is -0.168. The molecule has 0 amide bonds. The van der Waals surface area contributed by atoms with Crippen molar-refractivity contribution in [3.05, 3.63) is 59.7 Å². The summed E-state index contributed by atoms with van der Waals surface area (Å²) >= 11 is 0. The number of ether oxygens (including phenoxy) is 1. The molecule has 4 rings (SSSR count). The first-order chi connectivity index (χ1) is 12.5. The summed E-state index contributed by atoms with van der Waals surface area (Å²) < 4.78 is 5.56. The Morgan fingerprint density at radius 3 is 2.15 bits per heavy atom. The van der Waals surface area contributed by atoms with Gasteiger partial charge in [0, 0.05) is 12.0 Å². The van der Waals surface area contributed by atoms with Crippen LogP contribution in [-0.4, -0.2) is 29.7 Å². The van der Waals surface area contributed by atoms with E-state index in [0.717, 1.165) is 22.3 Å². The van der Waals surface area contributed by atoms with Crippen molar-refractivity contribution in [2.75, 3.05) is 6.61 Å². The third kappa shape index (κ3) is 2.51. The Labute approximate surface area is 151 Å². The number of carboxylic acids is 1. The zero-order valence-electron chi connectivity index (χ0n) is 14.4. The second-order valence-corrected chi connectivity index (χ2v) is 7.22. The minimum absolute atomic E-state index is 0.0766. The van der Waals surface area contributed by atoms with Crippen LogP contribution >= 0.6 is 0 Å². The van der Waals surface area contributed by atoms with Crippen LogP contribution in [0.4, 0.5) is 0 Å². The Morgan fingerprint density at radius 1 is 1.08 bits per heavy atom. The van der Waals surface area contributed by atoms with Gasteiger partial charge < -0.3 is 15.6 Å². The van der Waals surface area contributed by atoms with Gasteiger partial charge in [0.05, 0.1) is 0 Å².